The fourth-order valence-electron chi connectivity index (χ4n) is 4.75. The molecule has 0 aliphatic carbocycles. The number of aryl methyl sites for hydroxylation is 1. The van der Waals surface area contributed by atoms with E-state index >= 15 is 0 Å². The van der Waals surface area contributed by atoms with E-state index in [-0.39, 0.29) is 44.8 Å². The summed E-state index contributed by atoms with van der Waals surface area (Å²) in [7, 11) is 0. The van der Waals surface area contributed by atoms with Crippen molar-refractivity contribution in [3.8, 4) is 5.82 Å². The van der Waals surface area contributed by atoms with Gasteiger partial charge in [-0.05, 0) is 78.2 Å². The van der Waals surface area contributed by atoms with Crippen LogP contribution in [0.2, 0.25) is 10.0 Å². The first-order valence-corrected chi connectivity index (χ1v) is 14.6. The number of ketones is 1. The summed E-state index contributed by atoms with van der Waals surface area (Å²) in [6, 6.07) is 10.9. The van der Waals surface area contributed by atoms with Gasteiger partial charge in [-0.3, -0.25) is 9.59 Å². The molecule has 1 unspecified atom stereocenters. The number of alkyl halides is 6. The van der Waals surface area contributed by atoms with Crippen molar-refractivity contribution in [3.05, 3.63) is 116 Å². The second-order valence-corrected chi connectivity index (χ2v) is 11.4. The Bertz CT molecular complexity index is 1990. The summed E-state index contributed by atoms with van der Waals surface area (Å²) in [5.41, 5.74) is 0.380. The summed E-state index contributed by atoms with van der Waals surface area (Å²) >= 11 is 12.6. The molecule has 1 amide bonds. The molecule has 250 valence electrons. The molecule has 1 N–H and O–H groups in total. The predicted molar refractivity (Wildman–Crippen MR) is 160 cm³/mol. The zero-order chi connectivity index (χ0) is 35.0. The minimum absolute atomic E-state index is 0.0424. The number of amides is 1. The van der Waals surface area contributed by atoms with Gasteiger partial charge in [0.15, 0.2) is 11.6 Å². The van der Waals surface area contributed by atoms with Crippen LogP contribution in [0.15, 0.2) is 60.8 Å². The molecule has 0 bridgehead atoms. The number of carbonyl (C=O) groups excluding carboxylic acids is 2. The molecule has 1 atom stereocenters. The molecule has 10 nitrogen and oxygen atoms in total. The number of halogens is 8. The van der Waals surface area contributed by atoms with Gasteiger partial charge < -0.3 is 5.32 Å². The second kappa shape index (κ2) is 13.4. The highest BCUT2D eigenvalue weighted by atomic mass is 35.5. The average molecular weight is 711 g/mol. The molecule has 0 saturated carbocycles. The molecular formula is C30H22Cl2F6N8O2. The molecular weight excluding hydrogens is 689 g/mol. The first-order chi connectivity index (χ1) is 22.5. The normalized spacial score (nSPS) is 12.6. The van der Waals surface area contributed by atoms with Crippen molar-refractivity contribution in [2.75, 3.05) is 0 Å². The Kier molecular flexibility index (Phi) is 9.60. The van der Waals surface area contributed by atoms with E-state index in [9.17, 15) is 35.9 Å². The van der Waals surface area contributed by atoms with Gasteiger partial charge in [0.25, 0.3) is 11.7 Å². The van der Waals surface area contributed by atoms with Gasteiger partial charge in [-0.2, -0.15) is 36.2 Å². The quantitative estimate of drug-likeness (QED) is 0.131. The van der Waals surface area contributed by atoms with Crippen molar-refractivity contribution in [3.63, 3.8) is 0 Å². The predicted octanol–water partition coefficient (Wildman–Crippen LogP) is 6.87. The van der Waals surface area contributed by atoms with Crippen LogP contribution in [0.25, 0.3) is 5.82 Å². The van der Waals surface area contributed by atoms with Crippen LogP contribution in [0.3, 0.4) is 0 Å². The SMILES string of the molecule is Cc1cc(Cl)cc(C(=O)NC(C)c2ccc(C(F)(F)F)cc2)c1CC(=O)c1cc(Cn2nnc(C(F)(F)F)n2)nn1-c1ncccc1Cl. The Labute approximate surface area is 277 Å². The van der Waals surface area contributed by atoms with E-state index in [4.69, 9.17) is 23.2 Å². The third-order valence-electron chi connectivity index (χ3n) is 7.10. The van der Waals surface area contributed by atoms with Crippen molar-refractivity contribution in [2.45, 2.75) is 45.2 Å². The van der Waals surface area contributed by atoms with Crippen LogP contribution in [0.1, 0.15) is 67.6 Å². The first kappa shape index (κ1) is 34.5. The van der Waals surface area contributed by atoms with Gasteiger partial charge >= 0.3 is 12.4 Å². The van der Waals surface area contributed by atoms with Crippen LogP contribution in [-0.2, 0) is 25.3 Å². The average Bonchev–Trinajstić information content (AvgIpc) is 3.66. The second-order valence-electron chi connectivity index (χ2n) is 10.5. The van der Waals surface area contributed by atoms with Crippen LogP contribution >= 0.6 is 23.2 Å². The van der Waals surface area contributed by atoms with Crippen molar-refractivity contribution in [1.29, 1.82) is 0 Å². The first-order valence-electron chi connectivity index (χ1n) is 13.9. The highest BCUT2D eigenvalue weighted by molar-refractivity contribution is 6.32. The maximum absolute atomic E-state index is 13.9. The number of aromatic nitrogens is 7. The molecule has 0 saturated heterocycles. The smallest absolute Gasteiger partial charge is 0.346 e. The van der Waals surface area contributed by atoms with Crippen LogP contribution in [-0.4, -0.2) is 46.7 Å². The van der Waals surface area contributed by atoms with E-state index in [1.54, 1.807) is 26.0 Å². The number of tetrazole rings is 1. The number of benzene rings is 2. The molecule has 3 heterocycles. The van der Waals surface area contributed by atoms with E-state index in [1.165, 1.54) is 36.5 Å². The number of hydrogen-bond donors (Lipinski definition) is 1. The number of pyridine rings is 1. The number of Topliss-reactive ketones (excluding diaryl/α,β-unsaturated/α-hetero) is 1. The number of nitrogens with one attached hydrogen (secondary N) is 1. The lowest BCUT2D eigenvalue weighted by Crippen LogP contribution is -2.28. The van der Waals surface area contributed by atoms with Crippen LogP contribution < -0.4 is 5.32 Å². The van der Waals surface area contributed by atoms with E-state index < -0.39 is 48.0 Å². The van der Waals surface area contributed by atoms with Gasteiger partial charge in [-0.1, -0.05) is 35.3 Å². The molecule has 0 spiro atoms. The Hall–Kier alpha value is -4.83. The number of rotatable bonds is 9. The van der Waals surface area contributed by atoms with Gasteiger partial charge in [0, 0.05) is 23.2 Å². The number of nitrogens with zero attached hydrogens (tertiary/aromatic N) is 7. The van der Waals surface area contributed by atoms with Crippen LogP contribution in [0.5, 0.6) is 0 Å². The molecule has 0 fully saturated rings. The fourth-order valence-corrected chi connectivity index (χ4v) is 5.22. The Balaban J connectivity index is 1.45. The topological polar surface area (TPSA) is 120 Å². The monoisotopic (exact) mass is 710 g/mol. The third kappa shape index (κ3) is 7.65. The fraction of sp³-hybridized carbons (Fsp3) is 0.233. The number of carbonyl (C=O) groups is 2. The molecule has 2 aromatic carbocycles. The minimum atomic E-state index is -4.82. The summed E-state index contributed by atoms with van der Waals surface area (Å²) in [6.07, 6.45) is -8.31. The van der Waals surface area contributed by atoms with Crippen molar-refractivity contribution < 1.29 is 35.9 Å². The summed E-state index contributed by atoms with van der Waals surface area (Å²) in [6.45, 7) is 2.83. The maximum atomic E-state index is 13.9. The Morgan fingerprint density at radius 2 is 1.67 bits per heavy atom. The van der Waals surface area contributed by atoms with E-state index in [0.29, 0.717) is 15.9 Å². The highest BCUT2D eigenvalue weighted by Gasteiger charge is 2.37. The van der Waals surface area contributed by atoms with E-state index in [1.807, 2.05) is 0 Å². The Morgan fingerprint density at radius 3 is 2.29 bits per heavy atom. The summed E-state index contributed by atoms with van der Waals surface area (Å²) < 4.78 is 79.2. The van der Waals surface area contributed by atoms with Gasteiger partial charge in [0.1, 0.15) is 12.2 Å². The molecule has 48 heavy (non-hydrogen) atoms. The molecule has 3 aromatic heterocycles. The van der Waals surface area contributed by atoms with E-state index in [2.05, 4.69) is 30.8 Å². The van der Waals surface area contributed by atoms with Crippen molar-refractivity contribution >= 4 is 34.9 Å². The van der Waals surface area contributed by atoms with Gasteiger partial charge in [-0.25, -0.2) is 9.67 Å². The minimum Gasteiger partial charge on any atom is -0.346 e. The highest BCUT2D eigenvalue weighted by Crippen LogP contribution is 2.31. The molecule has 0 radical (unpaired) electrons. The van der Waals surface area contributed by atoms with E-state index in [0.717, 1.165) is 16.8 Å². The maximum Gasteiger partial charge on any atom is 0.455 e. The zero-order valence-electron chi connectivity index (χ0n) is 24.7. The lowest BCUT2D eigenvalue weighted by Gasteiger charge is -2.18. The van der Waals surface area contributed by atoms with Crippen LogP contribution in [0.4, 0.5) is 26.3 Å². The lowest BCUT2D eigenvalue weighted by atomic mass is 9.95. The molecule has 18 heteroatoms. The molecule has 0 aliphatic rings. The molecule has 5 aromatic rings. The third-order valence-corrected chi connectivity index (χ3v) is 7.61. The zero-order valence-corrected chi connectivity index (χ0v) is 26.2. The lowest BCUT2D eigenvalue weighted by molar-refractivity contribution is -0.145. The van der Waals surface area contributed by atoms with Crippen molar-refractivity contribution in [1.82, 2.24) is 40.3 Å². The summed E-state index contributed by atoms with van der Waals surface area (Å²) in [4.78, 5) is 32.2. The Morgan fingerprint density at radius 1 is 0.958 bits per heavy atom. The van der Waals surface area contributed by atoms with Gasteiger partial charge in [0.05, 0.1) is 22.3 Å². The number of hydrogen-bond acceptors (Lipinski definition) is 7. The molecule has 5 rings (SSSR count). The van der Waals surface area contributed by atoms with Crippen LogP contribution in [0, 0.1) is 6.92 Å². The van der Waals surface area contributed by atoms with Crippen molar-refractivity contribution in [2.24, 2.45) is 0 Å². The van der Waals surface area contributed by atoms with Gasteiger partial charge in [-0.15, -0.1) is 10.2 Å². The summed E-state index contributed by atoms with van der Waals surface area (Å²) in [5.74, 6) is -2.63. The largest absolute Gasteiger partial charge is 0.455 e. The molecule has 0 aliphatic heterocycles. The van der Waals surface area contributed by atoms with Gasteiger partial charge in [0.2, 0.25) is 0 Å². The summed E-state index contributed by atoms with van der Waals surface area (Å²) in [5, 5.41) is 17.1. The standard InChI is InChI=1S/C30H22Cl2F6N8O2/c1-15-10-19(31)11-22(27(48)40-16(2)17-5-7-18(8-6-17)29(33,34)35)21(15)13-25(47)24-12-20(14-45-43-28(41-44-45)30(36,37)38)42-46(24)26-23(32)4-3-9-39-26/h3-12,16H,13-14H2,1-2H3,(H,40,48).